The SMILES string of the molecule is CCC1(C(=O)O)CCN(C(=O)c2ccc(Br)nc2)CC1. The van der Waals surface area contributed by atoms with Crippen molar-refractivity contribution in [1.82, 2.24) is 9.88 Å². The number of carboxylic acids is 1. The van der Waals surface area contributed by atoms with Crippen molar-refractivity contribution in [3.05, 3.63) is 28.5 Å². The van der Waals surface area contributed by atoms with Gasteiger partial charge in [-0.05, 0) is 47.3 Å². The van der Waals surface area contributed by atoms with E-state index in [-0.39, 0.29) is 5.91 Å². The van der Waals surface area contributed by atoms with Gasteiger partial charge in [0.15, 0.2) is 0 Å². The van der Waals surface area contributed by atoms with Crippen LogP contribution in [0.1, 0.15) is 36.5 Å². The van der Waals surface area contributed by atoms with Gasteiger partial charge in [0.1, 0.15) is 4.60 Å². The second kappa shape index (κ2) is 5.91. The maximum Gasteiger partial charge on any atom is 0.309 e. The van der Waals surface area contributed by atoms with Crippen molar-refractivity contribution < 1.29 is 14.7 Å². The Hall–Kier alpha value is -1.43. The molecule has 0 unspecified atom stereocenters. The first-order valence-electron chi connectivity index (χ1n) is 6.63. The number of hydrogen-bond acceptors (Lipinski definition) is 3. The first-order valence-corrected chi connectivity index (χ1v) is 7.42. The summed E-state index contributed by atoms with van der Waals surface area (Å²) in [5.74, 6) is -0.836. The summed E-state index contributed by atoms with van der Waals surface area (Å²) in [6, 6.07) is 3.45. The van der Waals surface area contributed by atoms with E-state index in [2.05, 4.69) is 20.9 Å². The predicted octanol–water partition coefficient (Wildman–Crippen LogP) is 2.56. The molecule has 2 rings (SSSR count). The van der Waals surface area contributed by atoms with Crippen LogP contribution in [-0.4, -0.2) is 40.0 Å². The summed E-state index contributed by atoms with van der Waals surface area (Å²) in [5, 5.41) is 9.34. The van der Waals surface area contributed by atoms with Crippen molar-refractivity contribution >= 4 is 27.8 Å². The Balaban J connectivity index is 2.05. The Morgan fingerprint density at radius 3 is 2.50 bits per heavy atom. The fourth-order valence-corrected chi connectivity index (χ4v) is 2.78. The number of hydrogen-bond donors (Lipinski definition) is 1. The molecule has 0 bridgehead atoms. The lowest BCUT2D eigenvalue weighted by Gasteiger charge is -2.38. The Bertz CT molecular complexity index is 508. The van der Waals surface area contributed by atoms with Gasteiger partial charge in [0.05, 0.1) is 11.0 Å². The molecule has 1 aromatic rings. The van der Waals surface area contributed by atoms with Gasteiger partial charge in [0.2, 0.25) is 0 Å². The number of piperidine rings is 1. The minimum Gasteiger partial charge on any atom is -0.481 e. The third-order valence-corrected chi connectivity index (χ3v) is 4.58. The Kier molecular flexibility index (Phi) is 4.42. The fraction of sp³-hybridized carbons (Fsp3) is 0.500. The van der Waals surface area contributed by atoms with Crippen LogP contribution in [0.15, 0.2) is 22.9 Å². The number of carbonyl (C=O) groups excluding carboxylic acids is 1. The van der Waals surface area contributed by atoms with E-state index in [1.54, 1.807) is 17.0 Å². The van der Waals surface area contributed by atoms with Crippen LogP contribution < -0.4 is 0 Å². The van der Waals surface area contributed by atoms with Crippen molar-refractivity contribution in [3.8, 4) is 0 Å². The average molecular weight is 341 g/mol. The van der Waals surface area contributed by atoms with Crippen LogP contribution >= 0.6 is 15.9 Å². The first-order chi connectivity index (χ1) is 9.48. The van der Waals surface area contributed by atoms with Gasteiger partial charge >= 0.3 is 5.97 Å². The van der Waals surface area contributed by atoms with Crippen LogP contribution in [-0.2, 0) is 4.79 Å². The number of carboxylic acid groups (broad SMARTS) is 1. The molecule has 1 N–H and O–H groups in total. The second-order valence-electron chi connectivity index (χ2n) is 5.10. The molecule has 5 nitrogen and oxygen atoms in total. The predicted molar refractivity (Wildman–Crippen MR) is 77.4 cm³/mol. The molecule has 0 aliphatic carbocycles. The summed E-state index contributed by atoms with van der Waals surface area (Å²) in [5.41, 5.74) is -0.137. The van der Waals surface area contributed by atoms with Crippen LogP contribution in [0, 0.1) is 5.41 Å². The van der Waals surface area contributed by atoms with Gasteiger partial charge in [-0.15, -0.1) is 0 Å². The van der Waals surface area contributed by atoms with E-state index in [0.29, 0.717) is 42.5 Å². The smallest absolute Gasteiger partial charge is 0.309 e. The van der Waals surface area contributed by atoms with E-state index >= 15 is 0 Å². The number of halogens is 1. The van der Waals surface area contributed by atoms with Gasteiger partial charge in [0.25, 0.3) is 5.91 Å². The summed E-state index contributed by atoms with van der Waals surface area (Å²) in [7, 11) is 0. The summed E-state index contributed by atoms with van der Waals surface area (Å²) in [6.07, 6.45) is 3.15. The fourth-order valence-electron chi connectivity index (χ4n) is 2.54. The number of pyridine rings is 1. The topological polar surface area (TPSA) is 70.5 Å². The quantitative estimate of drug-likeness (QED) is 0.858. The van der Waals surface area contributed by atoms with Gasteiger partial charge in [-0.25, -0.2) is 4.98 Å². The maximum absolute atomic E-state index is 12.3. The minimum atomic E-state index is -0.752. The maximum atomic E-state index is 12.3. The zero-order valence-corrected chi connectivity index (χ0v) is 12.9. The highest BCUT2D eigenvalue weighted by Gasteiger charge is 2.40. The monoisotopic (exact) mass is 340 g/mol. The van der Waals surface area contributed by atoms with E-state index in [1.165, 1.54) is 6.20 Å². The highest BCUT2D eigenvalue weighted by Crippen LogP contribution is 2.35. The van der Waals surface area contributed by atoms with E-state index in [0.717, 1.165) is 0 Å². The van der Waals surface area contributed by atoms with Gasteiger partial charge in [-0.1, -0.05) is 6.92 Å². The Morgan fingerprint density at radius 1 is 1.40 bits per heavy atom. The van der Waals surface area contributed by atoms with Crippen LogP contribution in [0.25, 0.3) is 0 Å². The number of aliphatic carboxylic acids is 1. The highest BCUT2D eigenvalue weighted by molar-refractivity contribution is 9.10. The number of likely N-dealkylation sites (tertiary alicyclic amines) is 1. The number of aromatic nitrogens is 1. The molecule has 1 aromatic heterocycles. The molecular formula is C14H17BrN2O3. The summed E-state index contributed by atoms with van der Waals surface area (Å²) < 4.78 is 0.684. The van der Waals surface area contributed by atoms with E-state index in [9.17, 15) is 14.7 Å². The van der Waals surface area contributed by atoms with Crippen LogP contribution in [0.3, 0.4) is 0 Å². The highest BCUT2D eigenvalue weighted by atomic mass is 79.9. The zero-order valence-electron chi connectivity index (χ0n) is 11.3. The molecule has 1 saturated heterocycles. The lowest BCUT2D eigenvalue weighted by atomic mass is 9.76. The second-order valence-corrected chi connectivity index (χ2v) is 5.91. The third-order valence-electron chi connectivity index (χ3n) is 4.11. The molecule has 0 aromatic carbocycles. The van der Waals surface area contributed by atoms with Crippen molar-refractivity contribution in [2.75, 3.05) is 13.1 Å². The summed E-state index contributed by atoms with van der Waals surface area (Å²) >= 11 is 3.23. The molecule has 0 saturated carbocycles. The van der Waals surface area contributed by atoms with Crippen molar-refractivity contribution in [2.45, 2.75) is 26.2 Å². The van der Waals surface area contributed by atoms with Crippen molar-refractivity contribution in [3.63, 3.8) is 0 Å². The molecule has 0 spiro atoms. The lowest BCUT2D eigenvalue weighted by molar-refractivity contribution is -0.152. The number of rotatable bonds is 3. The molecule has 1 fully saturated rings. The summed E-state index contributed by atoms with van der Waals surface area (Å²) in [6.45, 7) is 2.86. The number of carbonyl (C=O) groups is 2. The van der Waals surface area contributed by atoms with E-state index in [4.69, 9.17) is 0 Å². The van der Waals surface area contributed by atoms with Gasteiger partial charge in [-0.3, -0.25) is 9.59 Å². The van der Waals surface area contributed by atoms with Gasteiger partial charge in [0, 0.05) is 19.3 Å². The normalized spacial score (nSPS) is 17.8. The van der Waals surface area contributed by atoms with Crippen LogP contribution in [0.5, 0.6) is 0 Å². The lowest BCUT2D eigenvalue weighted by Crippen LogP contribution is -2.46. The Morgan fingerprint density at radius 2 is 2.05 bits per heavy atom. The van der Waals surface area contributed by atoms with Gasteiger partial charge < -0.3 is 10.0 Å². The Labute approximate surface area is 126 Å². The number of amides is 1. The zero-order chi connectivity index (χ0) is 14.8. The van der Waals surface area contributed by atoms with Crippen LogP contribution in [0.2, 0.25) is 0 Å². The molecule has 2 heterocycles. The molecular weight excluding hydrogens is 324 g/mol. The average Bonchev–Trinajstić information content (AvgIpc) is 2.47. The first kappa shape index (κ1) is 15.0. The third kappa shape index (κ3) is 2.85. The molecule has 6 heteroatoms. The standard InChI is InChI=1S/C14H17BrN2O3/c1-2-14(13(19)20)5-7-17(8-6-14)12(18)10-3-4-11(15)16-9-10/h3-4,9H,2,5-8H2,1H3,(H,19,20). The molecule has 1 aliphatic heterocycles. The van der Waals surface area contributed by atoms with E-state index in [1.807, 2.05) is 6.92 Å². The number of nitrogens with zero attached hydrogens (tertiary/aromatic N) is 2. The van der Waals surface area contributed by atoms with Crippen LogP contribution in [0.4, 0.5) is 0 Å². The molecule has 0 atom stereocenters. The summed E-state index contributed by atoms with van der Waals surface area (Å²) in [4.78, 5) is 29.4. The molecule has 108 valence electrons. The minimum absolute atomic E-state index is 0.0832. The molecule has 0 radical (unpaired) electrons. The molecule has 20 heavy (non-hydrogen) atoms. The van der Waals surface area contributed by atoms with Crippen molar-refractivity contribution in [2.24, 2.45) is 5.41 Å². The molecule has 1 aliphatic rings. The van der Waals surface area contributed by atoms with Gasteiger partial charge in [-0.2, -0.15) is 0 Å². The largest absolute Gasteiger partial charge is 0.481 e. The molecule has 1 amide bonds. The van der Waals surface area contributed by atoms with E-state index < -0.39 is 11.4 Å². The van der Waals surface area contributed by atoms with Crippen molar-refractivity contribution in [1.29, 1.82) is 0 Å².